The zero-order valence-corrected chi connectivity index (χ0v) is 16.9. The molecule has 4 rings (SSSR count). The second kappa shape index (κ2) is 7.50. The first kappa shape index (κ1) is 19.4. The minimum Gasteiger partial charge on any atom is -0.446 e. The van der Waals surface area contributed by atoms with Gasteiger partial charge in [0.2, 0.25) is 5.91 Å². The summed E-state index contributed by atoms with van der Waals surface area (Å²) >= 11 is 0. The van der Waals surface area contributed by atoms with Crippen LogP contribution in [0.5, 0.6) is 0 Å². The monoisotopic (exact) mass is 397 g/mol. The summed E-state index contributed by atoms with van der Waals surface area (Å²) in [5, 5.41) is 7.44. The molecule has 29 heavy (non-hydrogen) atoms. The molecule has 1 aliphatic heterocycles. The first-order valence-corrected chi connectivity index (χ1v) is 10.1. The van der Waals surface area contributed by atoms with E-state index in [-0.39, 0.29) is 23.3 Å². The van der Waals surface area contributed by atoms with Crippen molar-refractivity contribution in [1.82, 2.24) is 14.8 Å². The molecule has 3 heterocycles. The molecule has 0 saturated heterocycles. The predicted molar refractivity (Wildman–Crippen MR) is 108 cm³/mol. The number of hydrogen-bond donors (Lipinski definition) is 2. The van der Waals surface area contributed by atoms with Crippen LogP contribution in [0.15, 0.2) is 24.5 Å². The fourth-order valence-electron chi connectivity index (χ4n) is 4.44. The van der Waals surface area contributed by atoms with E-state index in [9.17, 15) is 9.59 Å². The largest absolute Gasteiger partial charge is 0.446 e. The highest BCUT2D eigenvalue weighted by Crippen LogP contribution is 2.37. The molecular formula is C21H27N5O3. The molecule has 0 aromatic carbocycles. The first-order valence-electron chi connectivity index (χ1n) is 10.1. The van der Waals surface area contributed by atoms with Crippen molar-refractivity contribution >= 4 is 17.8 Å². The molecular weight excluding hydrogens is 370 g/mol. The van der Waals surface area contributed by atoms with Gasteiger partial charge >= 0.3 is 6.09 Å². The maximum atomic E-state index is 12.7. The number of fused-ring (bicyclic) bond motifs is 1. The van der Waals surface area contributed by atoms with Gasteiger partial charge in [0.15, 0.2) is 0 Å². The van der Waals surface area contributed by atoms with E-state index >= 15 is 0 Å². The van der Waals surface area contributed by atoms with Crippen molar-refractivity contribution in [3.05, 3.63) is 30.2 Å². The summed E-state index contributed by atoms with van der Waals surface area (Å²) in [7, 11) is 0. The molecule has 0 unspecified atom stereocenters. The molecule has 3 N–H and O–H groups in total. The molecule has 8 heteroatoms. The number of nitrogens with two attached hydrogens (primary N) is 1. The molecule has 1 saturated carbocycles. The summed E-state index contributed by atoms with van der Waals surface area (Å²) in [4.78, 5) is 28.0. The van der Waals surface area contributed by atoms with Crippen LogP contribution in [-0.4, -0.2) is 32.9 Å². The molecule has 0 bridgehead atoms. The second-order valence-electron chi connectivity index (χ2n) is 8.85. The number of ether oxygens (including phenoxy) is 1. The summed E-state index contributed by atoms with van der Waals surface area (Å²) < 4.78 is 7.15. The van der Waals surface area contributed by atoms with Gasteiger partial charge in [-0.25, -0.2) is 9.78 Å². The Kier molecular flexibility index (Phi) is 5.02. The molecule has 154 valence electrons. The van der Waals surface area contributed by atoms with Crippen LogP contribution in [0.4, 0.5) is 10.6 Å². The van der Waals surface area contributed by atoms with Crippen molar-refractivity contribution in [1.29, 1.82) is 0 Å². The molecule has 2 amide bonds. The number of amides is 2. The van der Waals surface area contributed by atoms with Gasteiger partial charge in [-0.05, 0) is 55.2 Å². The zero-order valence-electron chi connectivity index (χ0n) is 16.9. The zero-order chi connectivity index (χ0) is 20.6. The van der Waals surface area contributed by atoms with Crippen LogP contribution in [0.3, 0.4) is 0 Å². The van der Waals surface area contributed by atoms with Crippen molar-refractivity contribution in [3.63, 3.8) is 0 Å². The molecule has 2 aromatic rings. The van der Waals surface area contributed by atoms with E-state index in [0.717, 1.165) is 43.4 Å². The van der Waals surface area contributed by atoms with Gasteiger partial charge in [-0.1, -0.05) is 13.8 Å². The van der Waals surface area contributed by atoms with E-state index in [1.54, 1.807) is 6.20 Å². The first-order chi connectivity index (χ1) is 13.8. The number of anilines is 1. The summed E-state index contributed by atoms with van der Waals surface area (Å²) in [5.41, 5.74) is 8.61. The fourth-order valence-corrected chi connectivity index (χ4v) is 4.44. The number of rotatable bonds is 4. The van der Waals surface area contributed by atoms with Gasteiger partial charge in [0.25, 0.3) is 0 Å². The summed E-state index contributed by atoms with van der Waals surface area (Å²) in [6.07, 6.45) is 6.28. The minimum absolute atomic E-state index is 0.103. The van der Waals surface area contributed by atoms with E-state index in [2.05, 4.69) is 33.9 Å². The van der Waals surface area contributed by atoms with Crippen molar-refractivity contribution in [2.24, 2.45) is 17.1 Å². The number of primary amides is 1. The third-order valence-electron chi connectivity index (χ3n) is 5.77. The summed E-state index contributed by atoms with van der Waals surface area (Å²) in [5.74, 6) is 0.191. The van der Waals surface area contributed by atoms with Gasteiger partial charge in [-0.2, -0.15) is 5.10 Å². The fraction of sp³-hybridized carbons (Fsp3) is 0.524. The van der Waals surface area contributed by atoms with Crippen LogP contribution >= 0.6 is 0 Å². The van der Waals surface area contributed by atoms with Gasteiger partial charge in [0.05, 0.1) is 6.20 Å². The second-order valence-corrected chi connectivity index (χ2v) is 8.85. The predicted octanol–water partition coefficient (Wildman–Crippen LogP) is 3.12. The minimum atomic E-state index is -0.790. The Balaban J connectivity index is 1.46. The lowest BCUT2D eigenvalue weighted by Gasteiger charge is -2.27. The van der Waals surface area contributed by atoms with Crippen molar-refractivity contribution in [2.45, 2.75) is 58.6 Å². The highest BCUT2D eigenvalue weighted by molar-refractivity contribution is 5.92. The summed E-state index contributed by atoms with van der Waals surface area (Å²) in [6, 6.07) is 3.83. The summed E-state index contributed by atoms with van der Waals surface area (Å²) in [6.45, 7) is 5.39. The Hall–Kier alpha value is -2.90. The van der Waals surface area contributed by atoms with Crippen molar-refractivity contribution in [2.75, 3.05) is 5.32 Å². The highest BCUT2D eigenvalue weighted by Gasteiger charge is 2.32. The SMILES string of the molecule is CC1(C)Cc2c(-c3ccnc(NC(=O)[C@H]4CCC[C@@H](OC(N)=O)C4)c3)cnn2C1. The molecule has 2 atom stereocenters. The number of carbonyl (C=O) groups is 2. The maximum absolute atomic E-state index is 12.7. The van der Waals surface area contributed by atoms with E-state index < -0.39 is 6.09 Å². The molecule has 2 aromatic heterocycles. The van der Waals surface area contributed by atoms with Crippen LogP contribution < -0.4 is 11.1 Å². The Morgan fingerprint density at radius 1 is 1.34 bits per heavy atom. The Labute approximate surface area is 169 Å². The third kappa shape index (κ3) is 4.26. The van der Waals surface area contributed by atoms with Crippen LogP contribution in [0.1, 0.15) is 45.2 Å². The molecule has 1 fully saturated rings. The van der Waals surface area contributed by atoms with E-state index in [1.165, 1.54) is 5.69 Å². The van der Waals surface area contributed by atoms with E-state index in [1.807, 2.05) is 18.3 Å². The topological polar surface area (TPSA) is 112 Å². The van der Waals surface area contributed by atoms with Crippen molar-refractivity contribution < 1.29 is 14.3 Å². The maximum Gasteiger partial charge on any atom is 0.404 e. The standard InChI is InChI=1S/C21H27N5O3/c1-21(2)10-17-16(11-24-26(17)12-21)13-6-7-23-18(9-13)25-19(27)14-4-3-5-15(8-14)29-20(22)28/h6-7,9,11,14-15H,3-5,8,10,12H2,1-2H3,(H2,22,28)(H,23,25,27)/t14-,15+/m0/s1. The Morgan fingerprint density at radius 2 is 2.17 bits per heavy atom. The van der Waals surface area contributed by atoms with Crippen LogP contribution in [0, 0.1) is 11.3 Å². The normalized spacial score (nSPS) is 22.7. The lowest BCUT2D eigenvalue weighted by Crippen LogP contribution is -2.33. The van der Waals surface area contributed by atoms with Gasteiger partial charge < -0.3 is 15.8 Å². The average Bonchev–Trinajstić information content (AvgIpc) is 3.16. The lowest BCUT2D eigenvalue weighted by atomic mass is 9.86. The molecule has 2 aliphatic rings. The highest BCUT2D eigenvalue weighted by atomic mass is 16.6. The van der Waals surface area contributed by atoms with Crippen LogP contribution in [0.2, 0.25) is 0 Å². The van der Waals surface area contributed by atoms with Gasteiger partial charge in [-0.3, -0.25) is 9.48 Å². The molecule has 0 spiro atoms. The lowest BCUT2D eigenvalue weighted by molar-refractivity contribution is -0.122. The number of aromatic nitrogens is 3. The van der Waals surface area contributed by atoms with Crippen LogP contribution in [0.25, 0.3) is 11.1 Å². The molecule has 8 nitrogen and oxygen atoms in total. The van der Waals surface area contributed by atoms with Gasteiger partial charge in [0, 0.05) is 29.9 Å². The van der Waals surface area contributed by atoms with Crippen LogP contribution in [-0.2, 0) is 22.5 Å². The average molecular weight is 397 g/mol. The number of carbonyl (C=O) groups excluding carboxylic acids is 2. The third-order valence-corrected chi connectivity index (χ3v) is 5.77. The number of nitrogens with zero attached hydrogens (tertiary/aromatic N) is 3. The molecule has 0 radical (unpaired) electrons. The quantitative estimate of drug-likeness (QED) is 0.823. The number of nitrogens with one attached hydrogen (secondary N) is 1. The Morgan fingerprint density at radius 3 is 2.97 bits per heavy atom. The smallest absolute Gasteiger partial charge is 0.404 e. The Bertz CT molecular complexity index is 936. The number of pyridine rings is 1. The van der Waals surface area contributed by atoms with E-state index in [4.69, 9.17) is 10.5 Å². The molecule has 1 aliphatic carbocycles. The van der Waals surface area contributed by atoms with Gasteiger partial charge in [0.1, 0.15) is 11.9 Å². The van der Waals surface area contributed by atoms with E-state index in [0.29, 0.717) is 12.2 Å². The van der Waals surface area contributed by atoms with Gasteiger partial charge in [-0.15, -0.1) is 0 Å². The number of hydrogen-bond acceptors (Lipinski definition) is 5. The van der Waals surface area contributed by atoms with Crippen molar-refractivity contribution in [3.8, 4) is 11.1 Å².